The fourth-order valence-electron chi connectivity index (χ4n) is 8.71. The molecule has 0 saturated carbocycles. The van der Waals surface area contributed by atoms with Gasteiger partial charge in [-0.15, -0.1) is 0 Å². The Balaban J connectivity index is 1.25. The zero-order valence-corrected chi connectivity index (χ0v) is 28.4. The predicted molar refractivity (Wildman–Crippen MR) is 214 cm³/mol. The lowest BCUT2D eigenvalue weighted by Gasteiger charge is -2.34. The van der Waals surface area contributed by atoms with E-state index >= 15 is 0 Å². The van der Waals surface area contributed by atoms with Crippen LogP contribution in [0.2, 0.25) is 0 Å². The SMILES string of the molecule is Cc1ccc(-c2ccccc2-c2ccc3c4ccccc4n(-c4ccc5c(c4)C(c4ccccc4)(c4ccccc4)c4ccccc4-5)c3c2)cc1. The summed E-state index contributed by atoms with van der Waals surface area (Å²) >= 11 is 0. The second-order valence-electron chi connectivity index (χ2n) is 13.8. The normalized spacial score (nSPS) is 13.0. The van der Waals surface area contributed by atoms with E-state index in [4.69, 9.17) is 0 Å². The molecule has 51 heavy (non-hydrogen) atoms. The molecule has 9 aromatic rings. The van der Waals surface area contributed by atoms with Gasteiger partial charge in [0, 0.05) is 16.5 Å². The number of para-hydroxylation sites is 1. The number of fused-ring (bicyclic) bond motifs is 6. The van der Waals surface area contributed by atoms with Crippen LogP contribution in [-0.2, 0) is 5.41 Å². The number of aryl methyl sites for hydroxylation is 1. The van der Waals surface area contributed by atoms with E-state index in [1.165, 1.54) is 83.0 Å². The van der Waals surface area contributed by atoms with Crippen molar-refractivity contribution in [3.8, 4) is 39.1 Å². The molecule has 10 rings (SSSR count). The monoisotopic (exact) mass is 649 g/mol. The average Bonchev–Trinajstić information content (AvgIpc) is 3.69. The zero-order chi connectivity index (χ0) is 33.9. The predicted octanol–water partition coefficient (Wildman–Crippen LogP) is 12.8. The molecule has 0 spiro atoms. The molecular weight excluding hydrogens is 615 g/mol. The quantitative estimate of drug-likeness (QED) is 0.175. The lowest BCUT2D eigenvalue weighted by molar-refractivity contribution is 0.767. The van der Waals surface area contributed by atoms with E-state index in [0.717, 1.165) is 5.69 Å². The lowest BCUT2D eigenvalue weighted by atomic mass is 9.67. The van der Waals surface area contributed by atoms with Gasteiger partial charge >= 0.3 is 0 Å². The summed E-state index contributed by atoms with van der Waals surface area (Å²) in [5.41, 5.74) is 17.1. The summed E-state index contributed by atoms with van der Waals surface area (Å²) in [5.74, 6) is 0. The minimum atomic E-state index is -0.457. The molecule has 1 heterocycles. The number of nitrogens with zero attached hydrogens (tertiary/aromatic N) is 1. The van der Waals surface area contributed by atoms with Crippen LogP contribution in [0.25, 0.3) is 60.9 Å². The first-order valence-corrected chi connectivity index (χ1v) is 17.8. The van der Waals surface area contributed by atoms with Crippen LogP contribution in [-0.4, -0.2) is 4.57 Å². The highest BCUT2D eigenvalue weighted by Crippen LogP contribution is 2.56. The first kappa shape index (κ1) is 29.5. The summed E-state index contributed by atoms with van der Waals surface area (Å²) in [4.78, 5) is 0. The maximum absolute atomic E-state index is 2.48. The Morgan fingerprint density at radius 2 is 0.922 bits per heavy atom. The van der Waals surface area contributed by atoms with E-state index in [-0.39, 0.29) is 0 Å². The first-order valence-electron chi connectivity index (χ1n) is 17.8. The van der Waals surface area contributed by atoms with Gasteiger partial charge in [0.2, 0.25) is 0 Å². The van der Waals surface area contributed by atoms with Crippen molar-refractivity contribution in [3.63, 3.8) is 0 Å². The molecule has 0 bridgehead atoms. The molecule has 0 atom stereocenters. The third-order valence-electron chi connectivity index (χ3n) is 11.0. The van der Waals surface area contributed by atoms with Crippen LogP contribution in [0, 0.1) is 6.92 Å². The summed E-state index contributed by atoms with van der Waals surface area (Å²) in [6.45, 7) is 2.14. The van der Waals surface area contributed by atoms with Crippen molar-refractivity contribution in [2.24, 2.45) is 0 Å². The molecule has 0 unspecified atom stereocenters. The van der Waals surface area contributed by atoms with Crippen LogP contribution in [0.4, 0.5) is 0 Å². The molecule has 1 heteroatoms. The highest BCUT2D eigenvalue weighted by molar-refractivity contribution is 6.10. The van der Waals surface area contributed by atoms with E-state index < -0.39 is 5.41 Å². The summed E-state index contributed by atoms with van der Waals surface area (Å²) in [6.07, 6.45) is 0. The number of hydrogen-bond donors (Lipinski definition) is 0. The molecule has 1 aliphatic rings. The van der Waals surface area contributed by atoms with E-state index in [2.05, 4.69) is 206 Å². The Morgan fingerprint density at radius 1 is 0.373 bits per heavy atom. The third-order valence-corrected chi connectivity index (χ3v) is 11.0. The van der Waals surface area contributed by atoms with Crippen LogP contribution in [0.3, 0.4) is 0 Å². The van der Waals surface area contributed by atoms with E-state index in [1.807, 2.05) is 0 Å². The van der Waals surface area contributed by atoms with Crippen molar-refractivity contribution >= 4 is 21.8 Å². The smallest absolute Gasteiger partial charge is 0.0714 e. The number of aromatic nitrogens is 1. The molecule has 1 aromatic heterocycles. The van der Waals surface area contributed by atoms with Crippen molar-refractivity contribution in [1.82, 2.24) is 4.57 Å². The van der Waals surface area contributed by atoms with E-state index in [1.54, 1.807) is 0 Å². The van der Waals surface area contributed by atoms with Gasteiger partial charge in [0.05, 0.1) is 16.4 Å². The van der Waals surface area contributed by atoms with Gasteiger partial charge < -0.3 is 4.57 Å². The molecule has 240 valence electrons. The van der Waals surface area contributed by atoms with E-state index in [0.29, 0.717) is 0 Å². The van der Waals surface area contributed by atoms with Crippen LogP contribution in [0.1, 0.15) is 27.8 Å². The summed E-state index contributed by atoms with van der Waals surface area (Å²) in [6, 6.07) is 71.7. The van der Waals surface area contributed by atoms with Crippen LogP contribution in [0.5, 0.6) is 0 Å². The maximum Gasteiger partial charge on any atom is 0.0714 e. The largest absolute Gasteiger partial charge is 0.309 e. The van der Waals surface area contributed by atoms with Crippen molar-refractivity contribution in [2.75, 3.05) is 0 Å². The van der Waals surface area contributed by atoms with Gasteiger partial charge in [-0.1, -0.05) is 175 Å². The van der Waals surface area contributed by atoms with Crippen molar-refractivity contribution in [3.05, 3.63) is 222 Å². The van der Waals surface area contributed by atoms with Gasteiger partial charge in [0.25, 0.3) is 0 Å². The number of rotatable bonds is 5. The van der Waals surface area contributed by atoms with Crippen LogP contribution < -0.4 is 0 Å². The summed E-state index contributed by atoms with van der Waals surface area (Å²) in [7, 11) is 0. The average molecular weight is 650 g/mol. The Hall–Kier alpha value is -6.44. The highest BCUT2D eigenvalue weighted by Gasteiger charge is 2.46. The fraction of sp³-hybridized carbons (Fsp3) is 0.0400. The summed E-state index contributed by atoms with van der Waals surface area (Å²) < 4.78 is 2.48. The Morgan fingerprint density at radius 3 is 1.65 bits per heavy atom. The van der Waals surface area contributed by atoms with Crippen LogP contribution in [0.15, 0.2) is 194 Å². The van der Waals surface area contributed by atoms with Gasteiger partial charge in [0.15, 0.2) is 0 Å². The highest BCUT2D eigenvalue weighted by atomic mass is 15.0. The zero-order valence-electron chi connectivity index (χ0n) is 28.4. The minimum Gasteiger partial charge on any atom is -0.309 e. The van der Waals surface area contributed by atoms with Gasteiger partial charge in [-0.25, -0.2) is 0 Å². The Bertz CT molecular complexity index is 2690. The molecule has 1 nitrogen and oxygen atoms in total. The van der Waals surface area contributed by atoms with Gasteiger partial charge in [-0.05, 0) is 86.8 Å². The molecule has 8 aromatic carbocycles. The van der Waals surface area contributed by atoms with Crippen molar-refractivity contribution in [2.45, 2.75) is 12.3 Å². The molecule has 0 saturated heterocycles. The first-order chi connectivity index (χ1) is 25.2. The van der Waals surface area contributed by atoms with Crippen molar-refractivity contribution in [1.29, 1.82) is 0 Å². The second kappa shape index (κ2) is 11.6. The molecule has 0 aliphatic heterocycles. The second-order valence-corrected chi connectivity index (χ2v) is 13.8. The molecule has 0 N–H and O–H groups in total. The Labute approximate surface area is 298 Å². The van der Waals surface area contributed by atoms with Crippen LogP contribution >= 0.6 is 0 Å². The van der Waals surface area contributed by atoms with Gasteiger partial charge in [0.1, 0.15) is 0 Å². The Kier molecular flexibility index (Phi) is 6.69. The minimum absolute atomic E-state index is 0.457. The molecule has 0 radical (unpaired) electrons. The lowest BCUT2D eigenvalue weighted by Crippen LogP contribution is -2.28. The standard InChI is InChI=1S/C50H35N/c1-34-24-26-35(27-25-34)40-18-8-9-19-41(40)36-28-30-45-44-21-11-13-23-48(44)51(49(45)32-36)39-29-31-43-42-20-10-12-22-46(42)50(47(43)33-39,37-14-4-2-5-15-37)38-16-6-3-7-17-38/h2-33H,1H3. The topological polar surface area (TPSA) is 4.93 Å². The number of hydrogen-bond acceptors (Lipinski definition) is 0. The number of benzene rings is 8. The molecule has 0 fully saturated rings. The third kappa shape index (κ3) is 4.41. The van der Waals surface area contributed by atoms with Crippen molar-refractivity contribution < 1.29 is 0 Å². The molecule has 1 aliphatic carbocycles. The fourth-order valence-corrected chi connectivity index (χ4v) is 8.71. The van der Waals surface area contributed by atoms with E-state index in [9.17, 15) is 0 Å². The maximum atomic E-state index is 2.48. The summed E-state index contributed by atoms with van der Waals surface area (Å²) in [5, 5.41) is 2.51. The molecule has 0 amide bonds. The van der Waals surface area contributed by atoms with Gasteiger partial charge in [-0.3, -0.25) is 0 Å². The van der Waals surface area contributed by atoms with Gasteiger partial charge in [-0.2, -0.15) is 0 Å². The molecular formula is C50H35N.